The number of hydrogen-bond donors (Lipinski definition) is 1. The van der Waals surface area contributed by atoms with Crippen molar-refractivity contribution in [3.8, 4) is 0 Å². The highest BCUT2D eigenvalue weighted by molar-refractivity contribution is 7.08. The Morgan fingerprint density at radius 1 is 1.23 bits per heavy atom. The fourth-order valence-electron chi connectivity index (χ4n) is 2.99. The average molecular weight is 318 g/mol. The molecule has 1 aliphatic heterocycles. The Hall–Kier alpha value is -1.83. The molecule has 1 aliphatic carbocycles. The van der Waals surface area contributed by atoms with E-state index in [-0.39, 0.29) is 11.9 Å². The van der Waals surface area contributed by atoms with E-state index >= 15 is 0 Å². The van der Waals surface area contributed by atoms with Gasteiger partial charge in [-0.25, -0.2) is 0 Å². The van der Waals surface area contributed by atoms with Crippen LogP contribution < -0.4 is 5.32 Å². The summed E-state index contributed by atoms with van der Waals surface area (Å²) in [7, 11) is 0. The standard InChI is InChI=1S/C14H18N6OS/c1-8-12(22-19-16-8)14(21)15-10-4-5-11-17-18-13(9-2-3-9)20(11)7-6-10/h9-10H,2-7H2,1H3,(H,15,21). The second kappa shape index (κ2) is 5.42. The van der Waals surface area contributed by atoms with Gasteiger partial charge in [0.1, 0.15) is 16.5 Å². The van der Waals surface area contributed by atoms with Gasteiger partial charge >= 0.3 is 0 Å². The van der Waals surface area contributed by atoms with Crippen LogP contribution in [-0.4, -0.2) is 36.3 Å². The molecule has 1 atom stereocenters. The molecule has 0 spiro atoms. The van der Waals surface area contributed by atoms with Crippen molar-refractivity contribution >= 4 is 17.4 Å². The Balaban J connectivity index is 1.44. The lowest BCUT2D eigenvalue weighted by atomic mass is 10.1. The Morgan fingerprint density at radius 3 is 2.82 bits per heavy atom. The highest BCUT2D eigenvalue weighted by Crippen LogP contribution is 2.39. The number of amides is 1. The summed E-state index contributed by atoms with van der Waals surface area (Å²) in [5.41, 5.74) is 0.698. The van der Waals surface area contributed by atoms with Crippen molar-refractivity contribution in [2.24, 2.45) is 0 Å². The highest BCUT2D eigenvalue weighted by Gasteiger charge is 2.31. The number of aromatic nitrogens is 5. The van der Waals surface area contributed by atoms with E-state index in [0.29, 0.717) is 16.5 Å². The molecular formula is C14H18N6OS. The Labute approximate surface area is 132 Å². The maximum atomic E-state index is 12.3. The Bertz CT molecular complexity index is 704. The first kappa shape index (κ1) is 13.8. The molecule has 0 bridgehead atoms. The normalized spacial score (nSPS) is 21.2. The molecular weight excluding hydrogens is 300 g/mol. The number of aryl methyl sites for hydroxylation is 2. The molecule has 116 valence electrons. The zero-order valence-electron chi connectivity index (χ0n) is 12.4. The van der Waals surface area contributed by atoms with Crippen LogP contribution in [0.5, 0.6) is 0 Å². The van der Waals surface area contributed by atoms with Crippen molar-refractivity contribution in [1.29, 1.82) is 0 Å². The van der Waals surface area contributed by atoms with E-state index in [1.54, 1.807) is 0 Å². The van der Waals surface area contributed by atoms with Gasteiger partial charge < -0.3 is 9.88 Å². The van der Waals surface area contributed by atoms with Crippen molar-refractivity contribution in [3.05, 3.63) is 22.2 Å². The summed E-state index contributed by atoms with van der Waals surface area (Å²) in [6, 6.07) is 0.169. The SMILES string of the molecule is Cc1nnsc1C(=O)NC1CCc2nnc(C3CC3)n2CC1. The molecule has 22 heavy (non-hydrogen) atoms. The van der Waals surface area contributed by atoms with Crippen molar-refractivity contribution in [2.45, 2.75) is 57.5 Å². The Morgan fingerprint density at radius 2 is 2.09 bits per heavy atom. The maximum absolute atomic E-state index is 12.3. The third-order valence-electron chi connectivity index (χ3n) is 4.41. The van der Waals surface area contributed by atoms with Crippen LogP contribution in [0.25, 0.3) is 0 Å². The third-order valence-corrected chi connectivity index (χ3v) is 5.24. The minimum atomic E-state index is -0.0578. The first-order valence-electron chi connectivity index (χ1n) is 7.74. The van der Waals surface area contributed by atoms with Gasteiger partial charge in [-0.3, -0.25) is 4.79 Å². The van der Waals surface area contributed by atoms with Gasteiger partial charge in [0.2, 0.25) is 0 Å². The largest absolute Gasteiger partial charge is 0.348 e. The molecule has 0 radical (unpaired) electrons. The van der Waals surface area contributed by atoms with Gasteiger partial charge in [-0.15, -0.1) is 15.3 Å². The van der Waals surface area contributed by atoms with Crippen LogP contribution in [0.3, 0.4) is 0 Å². The van der Waals surface area contributed by atoms with E-state index in [9.17, 15) is 4.79 Å². The molecule has 2 aromatic rings. The molecule has 1 amide bonds. The summed E-state index contributed by atoms with van der Waals surface area (Å²) in [6.07, 6.45) is 5.15. The van der Waals surface area contributed by atoms with E-state index in [2.05, 4.69) is 29.7 Å². The molecule has 1 unspecified atom stereocenters. The second-order valence-electron chi connectivity index (χ2n) is 6.09. The van der Waals surface area contributed by atoms with E-state index in [4.69, 9.17) is 0 Å². The lowest BCUT2D eigenvalue weighted by molar-refractivity contribution is 0.0936. The van der Waals surface area contributed by atoms with Gasteiger partial charge in [-0.2, -0.15) is 0 Å². The van der Waals surface area contributed by atoms with E-state index in [1.165, 1.54) is 12.8 Å². The van der Waals surface area contributed by atoms with Crippen LogP contribution in [0.4, 0.5) is 0 Å². The summed E-state index contributed by atoms with van der Waals surface area (Å²) in [4.78, 5) is 12.9. The summed E-state index contributed by atoms with van der Waals surface area (Å²) in [5, 5.41) is 15.7. The number of nitrogens with one attached hydrogen (secondary N) is 1. The van der Waals surface area contributed by atoms with Crippen molar-refractivity contribution in [3.63, 3.8) is 0 Å². The highest BCUT2D eigenvalue weighted by atomic mass is 32.1. The third kappa shape index (κ3) is 2.51. The molecule has 8 heteroatoms. The van der Waals surface area contributed by atoms with Crippen LogP contribution in [0, 0.1) is 6.92 Å². The van der Waals surface area contributed by atoms with Crippen molar-refractivity contribution < 1.29 is 4.79 Å². The Kier molecular flexibility index (Phi) is 3.40. The van der Waals surface area contributed by atoms with Crippen molar-refractivity contribution in [1.82, 2.24) is 29.7 Å². The van der Waals surface area contributed by atoms with Crippen LogP contribution in [0.2, 0.25) is 0 Å². The van der Waals surface area contributed by atoms with Gasteiger partial charge in [-0.1, -0.05) is 4.49 Å². The lowest BCUT2D eigenvalue weighted by Gasteiger charge is -2.15. The fourth-order valence-corrected chi connectivity index (χ4v) is 3.55. The smallest absolute Gasteiger partial charge is 0.265 e. The van der Waals surface area contributed by atoms with Crippen molar-refractivity contribution in [2.75, 3.05) is 0 Å². The fraction of sp³-hybridized carbons (Fsp3) is 0.643. The summed E-state index contributed by atoms with van der Waals surface area (Å²) in [6.45, 7) is 2.70. The summed E-state index contributed by atoms with van der Waals surface area (Å²) >= 11 is 1.15. The van der Waals surface area contributed by atoms with Crippen LogP contribution >= 0.6 is 11.5 Å². The molecule has 2 aromatic heterocycles. The van der Waals surface area contributed by atoms with E-state index in [1.807, 2.05) is 6.92 Å². The van der Waals surface area contributed by atoms with Gasteiger partial charge in [-0.05, 0) is 44.1 Å². The number of nitrogens with zero attached hydrogens (tertiary/aromatic N) is 5. The molecule has 0 aromatic carbocycles. The molecule has 1 N–H and O–H groups in total. The van der Waals surface area contributed by atoms with Gasteiger partial charge in [0.25, 0.3) is 5.91 Å². The minimum Gasteiger partial charge on any atom is -0.348 e. The van der Waals surface area contributed by atoms with Crippen LogP contribution in [0.15, 0.2) is 0 Å². The lowest BCUT2D eigenvalue weighted by Crippen LogP contribution is -2.35. The molecule has 7 nitrogen and oxygen atoms in total. The second-order valence-corrected chi connectivity index (χ2v) is 6.84. The number of carbonyl (C=O) groups excluding carboxylic acids is 1. The summed E-state index contributed by atoms with van der Waals surface area (Å²) in [5.74, 6) is 2.76. The molecule has 1 saturated carbocycles. The van der Waals surface area contributed by atoms with Crippen LogP contribution in [-0.2, 0) is 13.0 Å². The zero-order valence-corrected chi connectivity index (χ0v) is 13.3. The quantitative estimate of drug-likeness (QED) is 0.926. The molecule has 3 heterocycles. The molecule has 4 rings (SSSR count). The van der Waals surface area contributed by atoms with Crippen LogP contribution in [0.1, 0.15) is 58.6 Å². The molecule has 0 saturated heterocycles. The number of hydrogen-bond acceptors (Lipinski definition) is 6. The maximum Gasteiger partial charge on any atom is 0.265 e. The number of fused-ring (bicyclic) bond motifs is 1. The molecule has 1 fully saturated rings. The summed E-state index contributed by atoms with van der Waals surface area (Å²) < 4.78 is 6.09. The zero-order chi connectivity index (χ0) is 15.1. The molecule has 2 aliphatic rings. The number of carbonyl (C=O) groups is 1. The van der Waals surface area contributed by atoms with E-state index in [0.717, 1.165) is 49.0 Å². The average Bonchev–Trinajstić information content (AvgIpc) is 3.19. The van der Waals surface area contributed by atoms with Gasteiger partial charge in [0.05, 0.1) is 5.69 Å². The topological polar surface area (TPSA) is 85.6 Å². The predicted molar refractivity (Wildman–Crippen MR) is 80.8 cm³/mol. The number of rotatable bonds is 3. The van der Waals surface area contributed by atoms with E-state index < -0.39 is 0 Å². The first-order chi connectivity index (χ1) is 10.7. The van der Waals surface area contributed by atoms with Gasteiger partial charge in [0.15, 0.2) is 0 Å². The predicted octanol–water partition coefficient (Wildman–Crippen LogP) is 1.45. The monoisotopic (exact) mass is 318 g/mol. The minimum absolute atomic E-state index is 0.0578. The van der Waals surface area contributed by atoms with Gasteiger partial charge in [0, 0.05) is 24.9 Å². The first-order valence-corrected chi connectivity index (χ1v) is 8.51.